The van der Waals surface area contributed by atoms with Gasteiger partial charge in [-0.15, -0.1) is 0 Å². The molecule has 41 heavy (non-hydrogen) atoms. The van der Waals surface area contributed by atoms with Crippen molar-refractivity contribution in [1.82, 2.24) is 4.90 Å². The molecule has 0 spiro atoms. The van der Waals surface area contributed by atoms with Crippen molar-refractivity contribution in [2.45, 2.75) is 26.0 Å². The Balaban J connectivity index is 1.44. The summed E-state index contributed by atoms with van der Waals surface area (Å²) in [5.41, 5.74) is 2.51. The molecule has 0 radical (unpaired) electrons. The lowest BCUT2D eigenvalue weighted by molar-refractivity contribution is -0.908. The van der Waals surface area contributed by atoms with Gasteiger partial charge in [-0.05, 0) is 53.4 Å². The molecule has 3 aromatic rings. The van der Waals surface area contributed by atoms with Gasteiger partial charge in [0.15, 0.2) is 0 Å². The molecule has 214 valence electrons. The van der Waals surface area contributed by atoms with Crippen LogP contribution in [0.25, 0.3) is 5.76 Å². The molecule has 3 aromatic carbocycles. The second-order valence-corrected chi connectivity index (χ2v) is 11.2. The van der Waals surface area contributed by atoms with E-state index in [4.69, 9.17) is 32.7 Å². The van der Waals surface area contributed by atoms with Gasteiger partial charge in [0, 0.05) is 18.5 Å². The molecule has 0 aromatic heterocycles. The van der Waals surface area contributed by atoms with Crippen molar-refractivity contribution in [2.24, 2.45) is 0 Å². The van der Waals surface area contributed by atoms with Crippen LogP contribution in [-0.4, -0.2) is 56.0 Å². The van der Waals surface area contributed by atoms with E-state index in [9.17, 15) is 14.7 Å². The van der Waals surface area contributed by atoms with Gasteiger partial charge in [0.2, 0.25) is 5.78 Å². The van der Waals surface area contributed by atoms with E-state index in [2.05, 4.69) is 0 Å². The van der Waals surface area contributed by atoms with Crippen molar-refractivity contribution < 1.29 is 29.1 Å². The zero-order valence-electron chi connectivity index (χ0n) is 22.8. The van der Waals surface area contributed by atoms with Crippen LogP contribution in [0.5, 0.6) is 5.75 Å². The van der Waals surface area contributed by atoms with Crippen molar-refractivity contribution in [3.8, 4) is 5.75 Å². The molecule has 0 aliphatic carbocycles. The van der Waals surface area contributed by atoms with E-state index in [-0.39, 0.29) is 10.6 Å². The Bertz CT molecular complexity index is 1450. The first-order chi connectivity index (χ1) is 19.8. The molecule has 2 saturated heterocycles. The van der Waals surface area contributed by atoms with E-state index in [1.807, 2.05) is 30.3 Å². The lowest BCUT2D eigenvalue weighted by Crippen LogP contribution is -3.14. The summed E-state index contributed by atoms with van der Waals surface area (Å²) in [6.45, 7) is 6.59. The van der Waals surface area contributed by atoms with Crippen LogP contribution in [-0.2, 0) is 20.9 Å². The van der Waals surface area contributed by atoms with E-state index in [1.54, 1.807) is 43.3 Å². The van der Waals surface area contributed by atoms with Crippen molar-refractivity contribution in [3.63, 3.8) is 0 Å². The van der Waals surface area contributed by atoms with Gasteiger partial charge in [-0.25, -0.2) is 0 Å². The number of hydrogen-bond donors (Lipinski definition) is 1. The number of Topliss-reactive ketones (excluding diaryl/α,β-unsaturated/α-hetero) is 1. The average molecular weight is 596 g/mol. The molecular formula is C32H32Cl2N2O5. The summed E-state index contributed by atoms with van der Waals surface area (Å²) in [6.07, 6.45) is 0.681. The first-order valence-corrected chi connectivity index (χ1v) is 14.5. The first kappa shape index (κ1) is 29.1. The third-order valence-corrected chi connectivity index (χ3v) is 8.35. The van der Waals surface area contributed by atoms with Gasteiger partial charge in [0.05, 0.1) is 35.8 Å². The maximum atomic E-state index is 14.0. The van der Waals surface area contributed by atoms with Gasteiger partial charge in [-0.3, -0.25) is 9.59 Å². The molecule has 9 heteroatoms. The number of likely N-dealkylation sites (tertiary alicyclic amines) is 1. The highest BCUT2D eigenvalue weighted by molar-refractivity contribution is 6.46. The smallest absolute Gasteiger partial charge is 0.295 e. The topological polar surface area (TPSA) is 83.3 Å². The predicted molar refractivity (Wildman–Crippen MR) is 156 cm³/mol. The van der Waals surface area contributed by atoms with E-state index in [0.717, 1.165) is 25.2 Å². The number of benzene rings is 3. The van der Waals surface area contributed by atoms with Crippen molar-refractivity contribution >= 4 is 40.7 Å². The van der Waals surface area contributed by atoms with E-state index in [0.29, 0.717) is 60.2 Å². The molecule has 2 fully saturated rings. The normalized spacial score (nSPS) is 19.1. The number of nitrogens with one attached hydrogen (secondary N) is 1. The third-order valence-electron chi connectivity index (χ3n) is 7.61. The zero-order chi connectivity index (χ0) is 28.9. The van der Waals surface area contributed by atoms with E-state index >= 15 is 0 Å². The molecular weight excluding hydrogens is 563 g/mol. The maximum absolute atomic E-state index is 14.0. The fourth-order valence-corrected chi connectivity index (χ4v) is 5.71. The zero-order valence-corrected chi connectivity index (χ0v) is 24.3. The number of nitrogens with zero attached hydrogens (tertiary/aromatic N) is 1. The Morgan fingerprint density at radius 3 is 2.49 bits per heavy atom. The molecule has 0 bridgehead atoms. The number of rotatable bonds is 9. The van der Waals surface area contributed by atoms with Gasteiger partial charge in [0.25, 0.3) is 5.91 Å². The Morgan fingerprint density at radius 1 is 1.02 bits per heavy atom. The van der Waals surface area contributed by atoms with Crippen LogP contribution in [0.4, 0.5) is 0 Å². The number of carbonyl (C=O) groups excluding carboxylic acids is 2. The number of quaternary nitrogens is 1. The van der Waals surface area contributed by atoms with Gasteiger partial charge in [-0.2, -0.15) is 0 Å². The maximum Gasteiger partial charge on any atom is 0.295 e. The van der Waals surface area contributed by atoms with Gasteiger partial charge < -0.3 is 24.4 Å². The summed E-state index contributed by atoms with van der Waals surface area (Å²) >= 11 is 12.5. The van der Waals surface area contributed by atoms with Crippen LogP contribution in [0, 0.1) is 6.92 Å². The minimum atomic E-state index is -0.856. The molecule has 1 N–H and O–H groups in total. The van der Waals surface area contributed by atoms with Crippen LogP contribution in [0.2, 0.25) is 10.0 Å². The summed E-state index contributed by atoms with van der Waals surface area (Å²) in [5.74, 6) is -1.33. The number of ketones is 1. The Morgan fingerprint density at radius 2 is 1.78 bits per heavy atom. The number of aryl methyl sites for hydroxylation is 1. The highest BCUT2D eigenvalue weighted by Gasteiger charge is 2.44. The number of amides is 1. The molecule has 1 amide bonds. The van der Waals surface area contributed by atoms with Crippen LogP contribution < -0.4 is 14.7 Å². The van der Waals surface area contributed by atoms with Crippen molar-refractivity contribution in [3.05, 3.63) is 105 Å². The monoisotopic (exact) mass is 594 g/mol. The van der Waals surface area contributed by atoms with E-state index in [1.165, 1.54) is 9.80 Å². The second-order valence-electron chi connectivity index (χ2n) is 10.4. The van der Waals surface area contributed by atoms with Crippen molar-refractivity contribution in [1.29, 1.82) is 0 Å². The Hall–Kier alpha value is -3.36. The number of halogens is 2. The van der Waals surface area contributed by atoms with Gasteiger partial charge in [-0.1, -0.05) is 71.4 Å². The number of hydrogen-bond acceptors (Lipinski definition) is 5. The fraction of sp³-hybridized carbons (Fsp3) is 0.312. The quantitative estimate of drug-likeness (QED) is 0.233. The number of carbonyl (C=O) groups is 2. The summed E-state index contributed by atoms with van der Waals surface area (Å²) < 4.78 is 11.4. The highest BCUT2D eigenvalue weighted by Crippen LogP contribution is 2.41. The predicted octanol–water partition coefficient (Wildman–Crippen LogP) is 3.41. The van der Waals surface area contributed by atoms with Crippen LogP contribution in [0.15, 0.2) is 72.3 Å². The van der Waals surface area contributed by atoms with Crippen LogP contribution >= 0.6 is 23.2 Å². The number of ether oxygens (including phenoxy) is 2. The fourth-order valence-electron chi connectivity index (χ4n) is 5.41. The minimum absolute atomic E-state index is 0.0758. The second kappa shape index (κ2) is 13.1. The SMILES string of the molecule is Cc1cc(OCc2ccccc2)ccc1/C([O-])=C1\C(=O)C(=O)N(CCC[NH+]2CCOCC2)C1c1ccc(Cl)c(Cl)c1. The van der Waals surface area contributed by atoms with Crippen LogP contribution in [0.1, 0.15) is 34.7 Å². The molecule has 2 aliphatic heterocycles. The molecule has 0 saturated carbocycles. The highest BCUT2D eigenvalue weighted by atomic mass is 35.5. The molecule has 2 heterocycles. The van der Waals surface area contributed by atoms with Gasteiger partial charge >= 0.3 is 0 Å². The van der Waals surface area contributed by atoms with E-state index < -0.39 is 23.5 Å². The Kier molecular flexibility index (Phi) is 9.30. The molecule has 7 nitrogen and oxygen atoms in total. The minimum Gasteiger partial charge on any atom is -0.872 e. The first-order valence-electron chi connectivity index (χ1n) is 13.7. The Labute approximate surface area is 249 Å². The number of morpholine rings is 1. The molecule has 5 rings (SSSR count). The van der Waals surface area contributed by atoms with Gasteiger partial charge in [0.1, 0.15) is 25.4 Å². The lowest BCUT2D eigenvalue weighted by Gasteiger charge is -2.29. The average Bonchev–Trinajstić information content (AvgIpc) is 3.23. The molecule has 1 unspecified atom stereocenters. The summed E-state index contributed by atoms with van der Waals surface area (Å²) in [4.78, 5) is 29.6. The summed E-state index contributed by atoms with van der Waals surface area (Å²) in [5, 5.41) is 14.6. The molecule has 1 atom stereocenters. The lowest BCUT2D eigenvalue weighted by atomic mass is 9.94. The summed E-state index contributed by atoms with van der Waals surface area (Å²) in [7, 11) is 0. The van der Waals surface area contributed by atoms with Crippen LogP contribution in [0.3, 0.4) is 0 Å². The summed E-state index contributed by atoms with van der Waals surface area (Å²) in [6, 6.07) is 19.0. The molecule has 2 aliphatic rings. The third kappa shape index (κ3) is 6.60. The van der Waals surface area contributed by atoms with Crippen molar-refractivity contribution in [2.75, 3.05) is 39.4 Å². The largest absolute Gasteiger partial charge is 0.872 e. The standard InChI is InChI=1S/C32H32Cl2N2O5/c1-21-18-24(41-20-22-6-3-2-4-7-22)9-10-25(21)30(37)28-29(23-8-11-26(33)27(34)19-23)36(32(39)31(28)38)13-5-12-35-14-16-40-17-15-35/h2-4,6-11,18-19,29,37H,5,12-17,20H2,1H3/b30-28+.